The molecule has 1 heterocycles. The van der Waals surface area contributed by atoms with Crippen molar-refractivity contribution in [2.24, 2.45) is 11.7 Å². The molecule has 0 aromatic heterocycles. The number of hydrogen-bond acceptors (Lipinski definition) is 3. The topological polar surface area (TPSA) is 38.5 Å². The second-order valence-electron chi connectivity index (χ2n) is 5.55. The van der Waals surface area contributed by atoms with Crippen molar-refractivity contribution in [3.05, 3.63) is 29.8 Å². The molecule has 2 rings (SSSR count). The normalized spacial score (nSPS) is 24.0. The maximum absolute atomic E-state index is 12.2. The van der Waals surface area contributed by atoms with Gasteiger partial charge in [-0.2, -0.15) is 0 Å². The van der Waals surface area contributed by atoms with E-state index >= 15 is 0 Å². The average Bonchev–Trinajstić information content (AvgIpc) is 2.39. The van der Waals surface area contributed by atoms with Crippen molar-refractivity contribution in [1.29, 1.82) is 0 Å². The SMILES string of the molecule is CCC1CN(Cc2cccc(OC(F)(F)F)c2)CCC1N. The number of nitrogens with two attached hydrogens (primary N) is 1. The second kappa shape index (κ2) is 6.66. The predicted molar refractivity (Wildman–Crippen MR) is 74.8 cm³/mol. The Kier molecular flexibility index (Phi) is 5.11. The molecule has 0 bridgehead atoms. The van der Waals surface area contributed by atoms with Crippen LogP contribution in [0.25, 0.3) is 0 Å². The van der Waals surface area contributed by atoms with Crippen LogP contribution >= 0.6 is 0 Å². The Morgan fingerprint density at radius 3 is 2.81 bits per heavy atom. The Balaban J connectivity index is 1.98. The minimum Gasteiger partial charge on any atom is -0.406 e. The summed E-state index contributed by atoms with van der Waals surface area (Å²) in [7, 11) is 0. The molecule has 2 N–H and O–H groups in total. The molecule has 2 atom stereocenters. The van der Waals surface area contributed by atoms with E-state index < -0.39 is 6.36 Å². The summed E-state index contributed by atoms with van der Waals surface area (Å²) in [5.41, 5.74) is 6.89. The highest BCUT2D eigenvalue weighted by Crippen LogP contribution is 2.25. The molecule has 0 radical (unpaired) electrons. The smallest absolute Gasteiger partial charge is 0.406 e. The largest absolute Gasteiger partial charge is 0.573 e. The lowest BCUT2D eigenvalue weighted by molar-refractivity contribution is -0.274. The standard InChI is InChI=1S/C15H21F3N2O/c1-2-12-10-20(7-6-14(12)19)9-11-4-3-5-13(8-11)21-15(16,17)18/h3-5,8,12,14H,2,6-7,9-10,19H2,1H3. The molecule has 0 spiro atoms. The first-order valence-electron chi connectivity index (χ1n) is 7.20. The van der Waals surface area contributed by atoms with E-state index in [1.807, 2.05) is 6.07 Å². The third-order valence-corrected chi connectivity index (χ3v) is 3.94. The second-order valence-corrected chi connectivity index (χ2v) is 5.55. The number of benzene rings is 1. The number of ether oxygens (including phenoxy) is 1. The lowest BCUT2D eigenvalue weighted by Crippen LogP contribution is -2.46. The van der Waals surface area contributed by atoms with Crippen LogP contribution in [0.4, 0.5) is 13.2 Å². The van der Waals surface area contributed by atoms with Gasteiger partial charge in [-0.1, -0.05) is 25.5 Å². The summed E-state index contributed by atoms with van der Waals surface area (Å²) in [6, 6.07) is 6.40. The zero-order valence-electron chi connectivity index (χ0n) is 12.1. The molecule has 1 aromatic rings. The molecule has 1 aliphatic heterocycles. The van der Waals surface area contributed by atoms with Crippen molar-refractivity contribution in [3.8, 4) is 5.75 Å². The molecule has 2 unspecified atom stereocenters. The summed E-state index contributed by atoms with van der Waals surface area (Å²) >= 11 is 0. The monoisotopic (exact) mass is 302 g/mol. The fourth-order valence-corrected chi connectivity index (χ4v) is 2.80. The Bertz CT molecular complexity index is 464. The van der Waals surface area contributed by atoms with Gasteiger partial charge < -0.3 is 10.5 Å². The number of alkyl halides is 3. The van der Waals surface area contributed by atoms with Crippen molar-refractivity contribution in [2.45, 2.75) is 38.7 Å². The highest BCUT2D eigenvalue weighted by molar-refractivity contribution is 5.28. The summed E-state index contributed by atoms with van der Waals surface area (Å²) in [6.45, 7) is 4.51. The van der Waals surface area contributed by atoms with Crippen LogP contribution in [-0.2, 0) is 6.54 Å². The molecule has 1 fully saturated rings. The molecule has 0 aliphatic carbocycles. The zero-order chi connectivity index (χ0) is 15.5. The first kappa shape index (κ1) is 16.1. The van der Waals surface area contributed by atoms with Crippen LogP contribution in [0.3, 0.4) is 0 Å². The Labute approximate surface area is 122 Å². The van der Waals surface area contributed by atoms with Gasteiger partial charge in [0.1, 0.15) is 5.75 Å². The Hall–Kier alpha value is -1.27. The lowest BCUT2D eigenvalue weighted by atomic mass is 9.90. The molecule has 3 nitrogen and oxygen atoms in total. The summed E-state index contributed by atoms with van der Waals surface area (Å²) in [5, 5.41) is 0. The molecule has 1 saturated heterocycles. The van der Waals surface area contributed by atoms with Crippen LogP contribution < -0.4 is 10.5 Å². The van der Waals surface area contributed by atoms with Crippen LogP contribution in [0, 0.1) is 5.92 Å². The molecule has 1 aliphatic rings. The van der Waals surface area contributed by atoms with Gasteiger partial charge in [0.25, 0.3) is 0 Å². The molecular weight excluding hydrogens is 281 g/mol. The molecule has 118 valence electrons. The minimum atomic E-state index is -4.65. The molecular formula is C15H21F3N2O. The van der Waals surface area contributed by atoms with E-state index in [9.17, 15) is 13.2 Å². The van der Waals surface area contributed by atoms with E-state index in [2.05, 4.69) is 16.6 Å². The van der Waals surface area contributed by atoms with Crippen LogP contribution in [0.1, 0.15) is 25.3 Å². The van der Waals surface area contributed by atoms with Crippen molar-refractivity contribution < 1.29 is 17.9 Å². The van der Waals surface area contributed by atoms with Gasteiger partial charge in [-0.05, 0) is 36.6 Å². The Morgan fingerprint density at radius 1 is 1.38 bits per heavy atom. The zero-order valence-corrected chi connectivity index (χ0v) is 12.1. The number of likely N-dealkylation sites (tertiary alicyclic amines) is 1. The molecule has 1 aromatic carbocycles. The number of halogens is 3. The van der Waals surface area contributed by atoms with Crippen LogP contribution in [0.5, 0.6) is 5.75 Å². The van der Waals surface area contributed by atoms with Crippen LogP contribution in [-0.4, -0.2) is 30.4 Å². The van der Waals surface area contributed by atoms with Crippen LogP contribution in [0.15, 0.2) is 24.3 Å². The minimum absolute atomic E-state index is 0.166. The number of nitrogens with zero attached hydrogens (tertiary/aromatic N) is 1. The average molecular weight is 302 g/mol. The van der Waals surface area contributed by atoms with E-state index in [-0.39, 0.29) is 11.8 Å². The number of rotatable bonds is 4. The maximum atomic E-state index is 12.2. The van der Waals surface area contributed by atoms with Crippen LogP contribution in [0.2, 0.25) is 0 Å². The predicted octanol–water partition coefficient (Wildman–Crippen LogP) is 3.14. The molecule has 0 saturated carbocycles. The number of piperidine rings is 1. The quantitative estimate of drug-likeness (QED) is 0.928. The van der Waals surface area contributed by atoms with E-state index in [1.165, 1.54) is 12.1 Å². The van der Waals surface area contributed by atoms with E-state index in [0.29, 0.717) is 12.5 Å². The van der Waals surface area contributed by atoms with Gasteiger partial charge in [-0.25, -0.2) is 0 Å². The van der Waals surface area contributed by atoms with E-state index in [4.69, 9.17) is 5.73 Å². The van der Waals surface area contributed by atoms with Gasteiger partial charge in [0, 0.05) is 19.1 Å². The van der Waals surface area contributed by atoms with E-state index in [0.717, 1.165) is 31.5 Å². The third-order valence-electron chi connectivity index (χ3n) is 3.94. The highest BCUT2D eigenvalue weighted by Gasteiger charge is 2.31. The van der Waals surface area contributed by atoms with E-state index in [1.54, 1.807) is 6.07 Å². The first-order valence-corrected chi connectivity index (χ1v) is 7.20. The summed E-state index contributed by atoms with van der Waals surface area (Å²) in [6.07, 6.45) is -2.70. The fourth-order valence-electron chi connectivity index (χ4n) is 2.80. The summed E-state index contributed by atoms with van der Waals surface area (Å²) < 4.78 is 40.6. The third kappa shape index (κ3) is 4.89. The highest BCUT2D eigenvalue weighted by atomic mass is 19.4. The van der Waals surface area contributed by atoms with Gasteiger partial charge in [0.05, 0.1) is 0 Å². The maximum Gasteiger partial charge on any atom is 0.573 e. The number of hydrogen-bond donors (Lipinski definition) is 1. The van der Waals surface area contributed by atoms with Gasteiger partial charge >= 0.3 is 6.36 Å². The summed E-state index contributed by atoms with van der Waals surface area (Å²) in [4.78, 5) is 2.24. The van der Waals surface area contributed by atoms with Gasteiger partial charge in [0.2, 0.25) is 0 Å². The van der Waals surface area contributed by atoms with Crippen molar-refractivity contribution in [2.75, 3.05) is 13.1 Å². The van der Waals surface area contributed by atoms with Crippen molar-refractivity contribution >= 4 is 0 Å². The van der Waals surface area contributed by atoms with Gasteiger partial charge in [-0.3, -0.25) is 4.90 Å². The van der Waals surface area contributed by atoms with Gasteiger partial charge in [-0.15, -0.1) is 13.2 Å². The molecule has 21 heavy (non-hydrogen) atoms. The molecule has 6 heteroatoms. The van der Waals surface area contributed by atoms with Gasteiger partial charge in [0.15, 0.2) is 0 Å². The fraction of sp³-hybridized carbons (Fsp3) is 0.600. The first-order chi connectivity index (χ1) is 9.87. The van der Waals surface area contributed by atoms with Crippen molar-refractivity contribution in [3.63, 3.8) is 0 Å². The Morgan fingerprint density at radius 2 is 2.14 bits per heavy atom. The lowest BCUT2D eigenvalue weighted by Gasteiger charge is -2.36. The summed E-state index contributed by atoms with van der Waals surface area (Å²) in [5.74, 6) is 0.286. The van der Waals surface area contributed by atoms with Crippen molar-refractivity contribution in [1.82, 2.24) is 4.90 Å². The molecule has 0 amide bonds.